The average Bonchev–Trinajstić information content (AvgIpc) is 2.11. The Morgan fingerprint density at radius 1 is 1.43 bits per heavy atom. The van der Waals surface area contributed by atoms with Crippen LogP contribution in [0.15, 0.2) is 18.2 Å². The van der Waals surface area contributed by atoms with Crippen molar-refractivity contribution in [3.8, 4) is 0 Å². The largest absolute Gasteiger partial charge is 0.295 e. The van der Waals surface area contributed by atoms with E-state index in [0.717, 1.165) is 24.3 Å². The van der Waals surface area contributed by atoms with Gasteiger partial charge in [-0.25, -0.2) is 8.78 Å². The summed E-state index contributed by atoms with van der Waals surface area (Å²) in [5.74, 6) is -1.89. The van der Waals surface area contributed by atoms with Gasteiger partial charge in [0.1, 0.15) is 5.82 Å². The van der Waals surface area contributed by atoms with Crippen LogP contribution in [0.3, 0.4) is 0 Å². The number of carbonyl (C=O) groups excluding carboxylic acids is 1. The van der Waals surface area contributed by atoms with Gasteiger partial charge < -0.3 is 0 Å². The van der Waals surface area contributed by atoms with Crippen molar-refractivity contribution < 1.29 is 13.6 Å². The van der Waals surface area contributed by atoms with E-state index in [9.17, 15) is 13.6 Å². The highest BCUT2D eigenvalue weighted by Crippen LogP contribution is 2.21. The molecule has 1 nitrogen and oxygen atoms in total. The molecule has 74 valence electrons. The van der Waals surface area contributed by atoms with E-state index >= 15 is 0 Å². The van der Waals surface area contributed by atoms with Crippen molar-refractivity contribution in [2.45, 2.75) is 6.92 Å². The second kappa shape index (κ2) is 4.33. The lowest BCUT2D eigenvalue weighted by atomic mass is 10.1. The van der Waals surface area contributed by atoms with Crippen LogP contribution in [0, 0.1) is 11.6 Å². The Morgan fingerprint density at radius 3 is 2.64 bits per heavy atom. The number of hydrogen-bond acceptors (Lipinski definition) is 1. The summed E-state index contributed by atoms with van der Waals surface area (Å²) >= 11 is 5.44. The Bertz CT molecular complexity index is 399. The molecule has 0 aromatic heterocycles. The van der Waals surface area contributed by atoms with E-state index in [1.807, 2.05) is 0 Å². The van der Waals surface area contributed by atoms with E-state index < -0.39 is 11.6 Å². The third-order valence-electron chi connectivity index (χ3n) is 1.56. The van der Waals surface area contributed by atoms with Crippen molar-refractivity contribution in [1.29, 1.82) is 0 Å². The highest BCUT2D eigenvalue weighted by molar-refractivity contribution is 6.30. The molecule has 0 unspecified atom stereocenters. The van der Waals surface area contributed by atoms with Gasteiger partial charge in [-0.3, -0.25) is 4.79 Å². The van der Waals surface area contributed by atoms with Crippen molar-refractivity contribution >= 4 is 23.5 Å². The molecule has 0 fully saturated rings. The smallest absolute Gasteiger partial charge is 0.152 e. The van der Waals surface area contributed by atoms with Gasteiger partial charge in [0.2, 0.25) is 0 Å². The summed E-state index contributed by atoms with van der Waals surface area (Å²) in [6, 6.07) is 2.17. The molecule has 4 heteroatoms. The first-order chi connectivity index (χ1) is 6.52. The molecule has 14 heavy (non-hydrogen) atoms. The Balaban J connectivity index is 3.19. The SMILES string of the molecule is CC(=O)C=Cc1c(F)ccc(Cl)c1F. The Kier molecular flexibility index (Phi) is 3.36. The fourth-order valence-electron chi connectivity index (χ4n) is 0.896. The van der Waals surface area contributed by atoms with Crippen LogP contribution in [0.25, 0.3) is 6.08 Å². The Hall–Kier alpha value is -1.22. The van der Waals surface area contributed by atoms with Gasteiger partial charge >= 0.3 is 0 Å². The zero-order valence-electron chi connectivity index (χ0n) is 7.35. The van der Waals surface area contributed by atoms with E-state index in [1.54, 1.807) is 0 Å². The van der Waals surface area contributed by atoms with Crippen LogP contribution in [0.4, 0.5) is 8.78 Å². The number of ketones is 1. The maximum Gasteiger partial charge on any atom is 0.152 e. The predicted octanol–water partition coefficient (Wildman–Crippen LogP) is 3.22. The zero-order chi connectivity index (χ0) is 10.7. The van der Waals surface area contributed by atoms with Gasteiger partial charge in [0, 0.05) is 5.56 Å². The minimum absolute atomic E-state index is 0.172. The van der Waals surface area contributed by atoms with Crippen molar-refractivity contribution in [3.05, 3.63) is 40.4 Å². The maximum atomic E-state index is 13.2. The van der Waals surface area contributed by atoms with Gasteiger partial charge in [0.25, 0.3) is 0 Å². The van der Waals surface area contributed by atoms with Crippen molar-refractivity contribution in [1.82, 2.24) is 0 Å². The third-order valence-corrected chi connectivity index (χ3v) is 1.86. The topological polar surface area (TPSA) is 17.1 Å². The van der Waals surface area contributed by atoms with Crippen molar-refractivity contribution in [2.75, 3.05) is 0 Å². The summed E-state index contributed by atoms with van der Waals surface area (Å²) in [6.07, 6.45) is 2.15. The molecule has 0 saturated heterocycles. The van der Waals surface area contributed by atoms with Crippen LogP contribution in [0.1, 0.15) is 12.5 Å². The number of halogens is 3. The number of allylic oxidation sites excluding steroid dienone is 1. The standard InChI is InChI=1S/C10H7ClF2O/c1-6(14)2-3-7-9(12)5-4-8(11)10(7)13/h2-5H,1H3. The van der Waals surface area contributed by atoms with E-state index in [4.69, 9.17) is 11.6 Å². The normalized spacial score (nSPS) is 10.9. The minimum atomic E-state index is -0.857. The molecule has 0 atom stereocenters. The zero-order valence-corrected chi connectivity index (χ0v) is 8.11. The maximum absolute atomic E-state index is 13.2. The summed E-state index contributed by atoms with van der Waals surface area (Å²) in [4.78, 5) is 10.6. The Labute approximate surface area is 85.0 Å². The van der Waals surface area contributed by atoms with E-state index in [0.29, 0.717) is 0 Å². The molecular formula is C10H7ClF2O. The molecule has 0 radical (unpaired) electrons. The summed E-state index contributed by atoms with van der Waals surface area (Å²) in [5, 5.41) is -0.172. The van der Waals surface area contributed by atoms with E-state index in [2.05, 4.69) is 0 Å². The number of hydrogen-bond donors (Lipinski definition) is 0. The second-order valence-corrected chi connectivity index (χ2v) is 3.11. The van der Waals surface area contributed by atoms with Gasteiger partial charge in [-0.2, -0.15) is 0 Å². The molecule has 0 aliphatic heterocycles. The van der Waals surface area contributed by atoms with Crippen molar-refractivity contribution in [3.63, 3.8) is 0 Å². The van der Waals surface area contributed by atoms with Crippen LogP contribution in [0.2, 0.25) is 5.02 Å². The lowest BCUT2D eigenvalue weighted by Crippen LogP contribution is -1.90. The second-order valence-electron chi connectivity index (χ2n) is 2.70. The third kappa shape index (κ3) is 2.39. The molecule has 0 N–H and O–H groups in total. The van der Waals surface area contributed by atoms with Gasteiger partial charge in [-0.1, -0.05) is 11.6 Å². The summed E-state index contributed by atoms with van der Waals surface area (Å²) in [7, 11) is 0. The highest BCUT2D eigenvalue weighted by Gasteiger charge is 2.09. The summed E-state index contributed by atoms with van der Waals surface area (Å²) < 4.78 is 26.2. The minimum Gasteiger partial charge on any atom is -0.295 e. The molecule has 0 bridgehead atoms. The molecule has 0 saturated carbocycles. The molecule has 0 spiro atoms. The first-order valence-corrected chi connectivity index (χ1v) is 4.22. The van der Waals surface area contributed by atoms with Gasteiger partial charge in [-0.05, 0) is 31.2 Å². The van der Waals surface area contributed by atoms with Gasteiger partial charge in [0.05, 0.1) is 5.02 Å². The Morgan fingerprint density at radius 2 is 2.07 bits per heavy atom. The van der Waals surface area contributed by atoms with Crippen LogP contribution in [0.5, 0.6) is 0 Å². The number of rotatable bonds is 2. The summed E-state index contributed by atoms with van der Waals surface area (Å²) in [6.45, 7) is 1.29. The van der Waals surface area contributed by atoms with Crippen LogP contribution in [-0.4, -0.2) is 5.78 Å². The quantitative estimate of drug-likeness (QED) is 0.548. The predicted molar refractivity (Wildman–Crippen MR) is 51.1 cm³/mol. The van der Waals surface area contributed by atoms with Gasteiger partial charge in [0.15, 0.2) is 11.6 Å². The lowest BCUT2D eigenvalue weighted by molar-refractivity contribution is -0.112. The van der Waals surface area contributed by atoms with Gasteiger partial charge in [-0.15, -0.1) is 0 Å². The first kappa shape index (κ1) is 10.9. The molecule has 0 amide bonds. The molecule has 1 aromatic rings. The van der Waals surface area contributed by atoms with Crippen LogP contribution in [-0.2, 0) is 4.79 Å². The lowest BCUT2D eigenvalue weighted by Gasteiger charge is -2.00. The fourth-order valence-corrected chi connectivity index (χ4v) is 1.06. The highest BCUT2D eigenvalue weighted by atomic mass is 35.5. The molecule has 0 heterocycles. The van der Waals surface area contributed by atoms with Crippen molar-refractivity contribution in [2.24, 2.45) is 0 Å². The fraction of sp³-hybridized carbons (Fsp3) is 0.100. The molecule has 1 rings (SSSR count). The number of benzene rings is 1. The molecule has 1 aromatic carbocycles. The van der Waals surface area contributed by atoms with Crippen LogP contribution >= 0.6 is 11.6 Å². The summed E-state index contributed by atoms with van der Waals surface area (Å²) in [5.41, 5.74) is -0.298. The van der Waals surface area contributed by atoms with E-state index in [-0.39, 0.29) is 16.4 Å². The first-order valence-electron chi connectivity index (χ1n) is 3.84. The molecule has 0 aliphatic carbocycles. The molecule has 0 aliphatic rings. The molecular weight excluding hydrogens is 210 g/mol. The monoisotopic (exact) mass is 216 g/mol. The average molecular weight is 217 g/mol. The van der Waals surface area contributed by atoms with E-state index in [1.165, 1.54) is 6.92 Å². The van der Waals surface area contributed by atoms with Crippen LogP contribution < -0.4 is 0 Å². The number of carbonyl (C=O) groups is 1.